The molecule has 1 saturated heterocycles. The molecule has 0 bridgehead atoms. The maximum Gasteiger partial charge on any atom is 0.334 e. The quantitative estimate of drug-likeness (QED) is 0.253. The van der Waals surface area contributed by atoms with Crippen LogP contribution in [0.25, 0.3) is 0 Å². The summed E-state index contributed by atoms with van der Waals surface area (Å²) in [5.41, 5.74) is 2.84. The van der Waals surface area contributed by atoms with Gasteiger partial charge in [0.2, 0.25) is 11.8 Å². The van der Waals surface area contributed by atoms with E-state index in [-0.39, 0.29) is 18.7 Å². The molecule has 1 N–H and O–H groups in total. The molecule has 198 valence electrons. The molecule has 0 radical (unpaired) electrons. The fourth-order valence-corrected chi connectivity index (χ4v) is 6.53. The number of ether oxygens (including phenoxy) is 1. The molecule has 0 aromatic heterocycles. The van der Waals surface area contributed by atoms with Gasteiger partial charge in [0.05, 0.1) is 17.2 Å². The van der Waals surface area contributed by atoms with Crippen LogP contribution in [0.4, 0.5) is 0 Å². The van der Waals surface area contributed by atoms with Crippen LogP contribution in [0.15, 0.2) is 115 Å². The standard InChI is InChI=1S/C31H28N2O5S/c1-2-12-24-20-39(37)30-26(32-25(34)19-21-13-6-3-7-14-21)29(35)33(30)27(24)31(36)38-28(22-15-8-4-9-16-22)23-17-10-5-11-18-23/h2-11,13-18,20,26-28,30H,1,12,19H2,(H,32,34)/t26-,27-,30-,39?/m1/s1. The minimum absolute atomic E-state index is 0.0861. The molecule has 2 aliphatic rings. The van der Waals surface area contributed by atoms with Crippen molar-refractivity contribution in [1.82, 2.24) is 10.2 Å². The van der Waals surface area contributed by atoms with E-state index in [9.17, 15) is 18.6 Å². The van der Waals surface area contributed by atoms with Crippen molar-refractivity contribution >= 4 is 28.6 Å². The van der Waals surface area contributed by atoms with Crippen LogP contribution in [0, 0.1) is 0 Å². The van der Waals surface area contributed by atoms with Crippen molar-refractivity contribution < 1.29 is 23.3 Å². The SMILES string of the molecule is C=CCC1=CS(=O)[C@@H]2[C@H](NC(=O)Cc3ccccc3)C(=O)N2[C@H]1C(=O)OC(c1ccccc1)c1ccccc1. The van der Waals surface area contributed by atoms with Crippen LogP contribution in [0.2, 0.25) is 0 Å². The van der Waals surface area contributed by atoms with Crippen LogP contribution >= 0.6 is 0 Å². The second-order valence-electron chi connectivity index (χ2n) is 9.40. The van der Waals surface area contributed by atoms with E-state index in [1.165, 1.54) is 10.3 Å². The summed E-state index contributed by atoms with van der Waals surface area (Å²) in [7, 11) is -1.62. The van der Waals surface area contributed by atoms with Crippen LogP contribution in [-0.2, 0) is 36.3 Å². The van der Waals surface area contributed by atoms with E-state index in [2.05, 4.69) is 11.9 Å². The molecule has 5 rings (SSSR count). The molecule has 1 fully saturated rings. The topological polar surface area (TPSA) is 92.8 Å². The fourth-order valence-electron chi connectivity index (χ4n) is 4.96. The number of hydrogen-bond donors (Lipinski definition) is 1. The summed E-state index contributed by atoms with van der Waals surface area (Å²) in [6, 6.07) is 25.8. The predicted molar refractivity (Wildman–Crippen MR) is 148 cm³/mol. The number of fused-ring (bicyclic) bond motifs is 1. The van der Waals surface area contributed by atoms with Crippen LogP contribution < -0.4 is 5.32 Å². The first kappa shape index (κ1) is 26.3. The largest absolute Gasteiger partial charge is 0.451 e. The third kappa shape index (κ3) is 5.47. The van der Waals surface area contributed by atoms with Crippen LogP contribution in [0.3, 0.4) is 0 Å². The first-order valence-electron chi connectivity index (χ1n) is 12.6. The van der Waals surface area contributed by atoms with Crippen molar-refractivity contribution in [1.29, 1.82) is 0 Å². The smallest absolute Gasteiger partial charge is 0.334 e. The van der Waals surface area contributed by atoms with Gasteiger partial charge in [-0.25, -0.2) is 4.79 Å². The molecule has 4 atom stereocenters. The number of esters is 1. The molecule has 2 amide bonds. The lowest BCUT2D eigenvalue weighted by Gasteiger charge is -2.51. The molecule has 2 aliphatic heterocycles. The Labute approximate surface area is 229 Å². The van der Waals surface area contributed by atoms with Gasteiger partial charge in [-0.1, -0.05) is 97.1 Å². The lowest BCUT2D eigenvalue weighted by Crippen LogP contribution is -2.76. The highest BCUT2D eigenvalue weighted by Gasteiger charge is 2.58. The van der Waals surface area contributed by atoms with E-state index >= 15 is 0 Å². The van der Waals surface area contributed by atoms with Crippen molar-refractivity contribution in [3.63, 3.8) is 0 Å². The van der Waals surface area contributed by atoms with Gasteiger partial charge in [0, 0.05) is 5.41 Å². The molecular formula is C31H28N2O5S. The number of amides is 2. The third-order valence-electron chi connectivity index (χ3n) is 6.78. The summed E-state index contributed by atoms with van der Waals surface area (Å²) in [4.78, 5) is 41.1. The van der Waals surface area contributed by atoms with Gasteiger partial charge in [0.25, 0.3) is 0 Å². The summed E-state index contributed by atoms with van der Waals surface area (Å²) >= 11 is 0. The van der Waals surface area contributed by atoms with E-state index < -0.39 is 46.2 Å². The molecule has 8 heteroatoms. The van der Waals surface area contributed by atoms with E-state index in [0.29, 0.717) is 5.57 Å². The van der Waals surface area contributed by atoms with Crippen LogP contribution in [0.5, 0.6) is 0 Å². The van der Waals surface area contributed by atoms with Gasteiger partial charge in [-0.2, -0.15) is 0 Å². The van der Waals surface area contributed by atoms with Gasteiger partial charge >= 0.3 is 5.97 Å². The van der Waals surface area contributed by atoms with Crippen molar-refractivity contribution in [2.75, 3.05) is 0 Å². The molecule has 3 aromatic carbocycles. The number of β-lactam (4-membered cyclic amide) rings is 1. The number of rotatable bonds is 9. The molecule has 2 heterocycles. The van der Waals surface area contributed by atoms with E-state index in [1.54, 1.807) is 6.08 Å². The number of carbonyl (C=O) groups is 3. The molecule has 0 saturated carbocycles. The highest BCUT2D eigenvalue weighted by molar-refractivity contribution is 7.88. The Morgan fingerprint density at radius 1 is 0.949 bits per heavy atom. The van der Waals surface area contributed by atoms with Crippen LogP contribution in [0.1, 0.15) is 29.2 Å². The first-order valence-corrected chi connectivity index (χ1v) is 13.9. The minimum Gasteiger partial charge on any atom is -0.451 e. The maximum absolute atomic E-state index is 13.8. The lowest BCUT2D eigenvalue weighted by atomic mass is 9.95. The van der Waals surface area contributed by atoms with Gasteiger partial charge in [-0.05, 0) is 28.7 Å². The lowest BCUT2D eigenvalue weighted by molar-refractivity contribution is -0.165. The molecule has 7 nitrogen and oxygen atoms in total. The monoisotopic (exact) mass is 540 g/mol. The van der Waals surface area contributed by atoms with Crippen LogP contribution in [-0.4, -0.2) is 44.4 Å². The van der Waals surface area contributed by atoms with Gasteiger partial charge in [-0.3, -0.25) is 13.8 Å². The molecule has 0 spiro atoms. The highest BCUT2D eigenvalue weighted by Crippen LogP contribution is 2.37. The van der Waals surface area contributed by atoms with Gasteiger partial charge in [0.1, 0.15) is 11.4 Å². The number of allylic oxidation sites excluding steroid dienone is 1. The second kappa shape index (κ2) is 11.6. The Balaban J connectivity index is 1.39. The van der Waals surface area contributed by atoms with E-state index in [4.69, 9.17) is 4.74 Å². The highest BCUT2D eigenvalue weighted by atomic mass is 32.2. The average molecular weight is 541 g/mol. The number of hydrogen-bond acceptors (Lipinski definition) is 5. The summed E-state index contributed by atoms with van der Waals surface area (Å²) < 4.78 is 19.2. The fraction of sp³-hybridized carbons (Fsp3) is 0.194. The number of benzene rings is 3. The zero-order valence-corrected chi connectivity index (χ0v) is 22.0. The summed E-state index contributed by atoms with van der Waals surface area (Å²) in [6.07, 6.45) is 1.24. The summed E-state index contributed by atoms with van der Waals surface area (Å²) in [5.74, 6) is -1.46. The third-order valence-corrected chi connectivity index (χ3v) is 8.29. The average Bonchev–Trinajstić information content (AvgIpc) is 2.96. The Morgan fingerprint density at radius 2 is 1.51 bits per heavy atom. The van der Waals surface area contributed by atoms with E-state index in [0.717, 1.165) is 16.7 Å². The number of nitrogens with one attached hydrogen (secondary N) is 1. The maximum atomic E-state index is 13.8. The zero-order valence-electron chi connectivity index (χ0n) is 21.1. The van der Waals surface area contributed by atoms with Crippen molar-refractivity contribution in [2.24, 2.45) is 0 Å². The molecule has 1 unspecified atom stereocenters. The molecule has 0 aliphatic carbocycles. The molecule has 39 heavy (non-hydrogen) atoms. The van der Waals surface area contributed by atoms with E-state index in [1.807, 2.05) is 91.0 Å². The normalized spacial score (nSPS) is 21.8. The summed E-state index contributed by atoms with van der Waals surface area (Å²) in [6.45, 7) is 3.75. The zero-order chi connectivity index (χ0) is 27.4. The summed E-state index contributed by atoms with van der Waals surface area (Å²) in [5, 5.41) is 3.35. The Hall–Kier alpha value is -4.30. The van der Waals surface area contributed by atoms with Gasteiger partial charge in [0.15, 0.2) is 12.1 Å². The van der Waals surface area contributed by atoms with Gasteiger partial charge < -0.3 is 15.0 Å². The Bertz CT molecular complexity index is 1390. The van der Waals surface area contributed by atoms with Crippen molar-refractivity contribution in [3.05, 3.63) is 131 Å². The van der Waals surface area contributed by atoms with Gasteiger partial charge in [-0.15, -0.1) is 6.58 Å². The van der Waals surface area contributed by atoms with Crippen molar-refractivity contribution in [3.8, 4) is 0 Å². The molecule has 3 aromatic rings. The van der Waals surface area contributed by atoms with Crippen molar-refractivity contribution in [2.45, 2.75) is 36.4 Å². The predicted octanol–water partition coefficient (Wildman–Crippen LogP) is 3.81. The molecular weight excluding hydrogens is 512 g/mol. The Morgan fingerprint density at radius 3 is 2.08 bits per heavy atom. The number of carbonyl (C=O) groups excluding carboxylic acids is 3. The number of nitrogens with zero attached hydrogens (tertiary/aromatic N) is 1. The first-order chi connectivity index (χ1) is 19.0. The Kier molecular flexibility index (Phi) is 7.84. The minimum atomic E-state index is -1.62. The second-order valence-corrected chi connectivity index (χ2v) is 10.8.